The molecule has 100 valence electrons. The molecule has 0 saturated carbocycles. The van der Waals surface area contributed by atoms with Crippen molar-refractivity contribution in [3.05, 3.63) is 47.5 Å². The van der Waals surface area contributed by atoms with Gasteiger partial charge in [-0.2, -0.15) is 0 Å². The van der Waals surface area contributed by atoms with Crippen molar-refractivity contribution in [3.63, 3.8) is 0 Å². The molecule has 0 fully saturated rings. The molecule has 2 aromatic rings. The molecule has 0 unspecified atom stereocenters. The summed E-state index contributed by atoms with van der Waals surface area (Å²) in [5, 5.41) is 2.25. The van der Waals surface area contributed by atoms with Gasteiger partial charge in [0.25, 0.3) is 11.8 Å². The van der Waals surface area contributed by atoms with Gasteiger partial charge in [0.2, 0.25) is 0 Å². The van der Waals surface area contributed by atoms with Gasteiger partial charge in [-0.1, -0.05) is 36.3 Å². The van der Waals surface area contributed by atoms with Crippen LogP contribution in [0.3, 0.4) is 0 Å². The summed E-state index contributed by atoms with van der Waals surface area (Å²) >= 11 is 0. The lowest BCUT2D eigenvalue weighted by atomic mass is 10.0. The fourth-order valence-electron chi connectivity index (χ4n) is 2.15. The fourth-order valence-corrected chi connectivity index (χ4v) is 2.15. The second kappa shape index (κ2) is 4.45. The van der Waals surface area contributed by atoms with Crippen molar-refractivity contribution in [1.29, 1.82) is 0 Å². The molecule has 1 aliphatic rings. The molecule has 5 heteroatoms. The number of carbonyl (C=O) groups excluding carboxylic acids is 3. The van der Waals surface area contributed by atoms with Gasteiger partial charge in [0, 0.05) is 6.42 Å². The molecule has 3 rings (SSSR count). The van der Waals surface area contributed by atoms with E-state index in [-0.39, 0.29) is 17.5 Å². The summed E-state index contributed by atoms with van der Waals surface area (Å²) in [5.41, 5.74) is 0.523. The Bertz CT molecular complexity index is 696. The highest BCUT2D eigenvalue weighted by Gasteiger charge is 2.38. The fraction of sp³-hybridized carbons (Fsp3) is 0.133. The number of hydrogen-bond donors (Lipinski definition) is 0. The van der Waals surface area contributed by atoms with Gasteiger partial charge in [-0.25, -0.2) is 4.79 Å². The maximum atomic E-state index is 12.1. The molecule has 0 spiro atoms. The summed E-state index contributed by atoms with van der Waals surface area (Å²) in [6, 6.07) is 10.7. The molecule has 5 nitrogen and oxygen atoms in total. The van der Waals surface area contributed by atoms with Crippen LogP contribution in [0.4, 0.5) is 0 Å². The summed E-state index contributed by atoms with van der Waals surface area (Å²) < 4.78 is 0. The van der Waals surface area contributed by atoms with Crippen molar-refractivity contribution in [2.45, 2.75) is 13.3 Å². The minimum atomic E-state index is -0.621. The first-order chi connectivity index (χ1) is 9.61. The van der Waals surface area contributed by atoms with Crippen LogP contribution in [0.5, 0.6) is 0 Å². The summed E-state index contributed by atoms with van der Waals surface area (Å²) in [5.74, 6) is -1.82. The van der Waals surface area contributed by atoms with E-state index < -0.39 is 17.8 Å². The van der Waals surface area contributed by atoms with Crippen molar-refractivity contribution < 1.29 is 19.2 Å². The highest BCUT2D eigenvalue weighted by molar-refractivity contribution is 6.22. The lowest BCUT2D eigenvalue weighted by molar-refractivity contribution is -0.168. The van der Waals surface area contributed by atoms with Crippen molar-refractivity contribution in [3.8, 4) is 0 Å². The Morgan fingerprint density at radius 2 is 1.55 bits per heavy atom. The van der Waals surface area contributed by atoms with E-state index in [4.69, 9.17) is 4.84 Å². The van der Waals surface area contributed by atoms with Crippen LogP contribution in [0.1, 0.15) is 34.1 Å². The molecule has 0 aliphatic carbocycles. The first-order valence-electron chi connectivity index (χ1n) is 6.24. The Balaban J connectivity index is 2.08. The van der Waals surface area contributed by atoms with E-state index in [0.717, 1.165) is 10.8 Å². The largest absolute Gasteiger partial charge is 0.332 e. The Morgan fingerprint density at radius 1 is 1.05 bits per heavy atom. The number of fused-ring (bicyclic) bond motifs is 2. The second-order valence-corrected chi connectivity index (χ2v) is 4.47. The molecule has 0 aromatic heterocycles. The van der Waals surface area contributed by atoms with Crippen LogP contribution in [-0.2, 0) is 9.63 Å². The minimum Gasteiger partial charge on any atom is -0.330 e. The number of carbonyl (C=O) groups is 3. The van der Waals surface area contributed by atoms with Crippen molar-refractivity contribution in [2.24, 2.45) is 0 Å². The summed E-state index contributed by atoms with van der Waals surface area (Å²) in [6.07, 6.45) is 0.0926. The number of amides is 2. The predicted octanol–water partition coefficient (Wildman–Crippen LogP) is 2.30. The average molecular weight is 269 g/mol. The van der Waals surface area contributed by atoms with Crippen LogP contribution in [0.2, 0.25) is 0 Å². The van der Waals surface area contributed by atoms with Crippen molar-refractivity contribution in [2.75, 3.05) is 0 Å². The van der Waals surface area contributed by atoms with Gasteiger partial charge in [-0.3, -0.25) is 9.59 Å². The molecule has 0 bridgehead atoms. The van der Waals surface area contributed by atoms with Gasteiger partial charge in [-0.05, 0) is 22.9 Å². The van der Waals surface area contributed by atoms with Gasteiger partial charge >= 0.3 is 5.97 Å². The molecule has 2 amide bonds. The van der Waals surface area contributed by atoms with E-state index in [1.54, 1.807) is 19.1 Å². The third kappa shape index (κ3) is 1.75. The van der Waals surface area contributed by atoms with Crippen LogP contribution in [-0.4, -0.2) is 22.8 Å². The van der Waals surface area contributed by atoms with Gasteiger partial charge in [-0.15, -0.1) is 0 Å². The van der Waals surface area contributed by atoms with Gasteiger partial charge in [0.05, 0.1) is 11.1 Å². The van der Waals surface area contributed by atoms with Gasteiger partial charge < -0.3 is 4.84 Å². The first kappa shape index (κ1) is 12.3. The molecule has 0 saturated heterocycles. The Kier molecular flexibility index (Phi) is 2.75. The zero-order chi connectivity index (χ0) is 14.3. The molecule has 0 atom stereocenters. The average Bonchev–Trinajstić information content (AvgIpc) is 2.70. The lowest BCUT2D eigenvalue weighted by Crippen LogP contribution is -2.32. The number of hydrogen-bond acceptors (Lipinski definition) is 4. The molecular formula is C15H11NO4. The number of benzene rings is 2. The molecule has 0 N–H and O–H groups in total. The lowest BCUT2D eigenvalue weighted by Gasteiger charge is -2.11. The maximum absolute atomic E-state index is 12.1. The van der Waals surface area contributed by atoms with Crippen molar-refractivity contribution in [1.82, 2.24) is 5.06 Å². The third-order valence-corrected chi connectivity index (χ3v) is 3.20. The van der Waals surface area contributed by atoms with E-state index >= 15 is 0 Å². The molecule has 1 aliphatic heterocycles. The van der Waals surface area contributed by atoms with E-state index in [1.807, 2.05) is 24.3 Å². The molecule has 2 aromatic carbocycles. The highest BCUT2D eigenvalue weighted by atomic mass is 16.7. The third-order valence-electron chi connectivity index (χ3n) is 3.20. The van der Waals surface area contributed by atoms with E-state index in [1.165, 1.54) is 0 Å². The van der Waals surface area contributed by atoms with Crippen LogP contribution in [0.15, 0.2) is 36.4 Å². The van der Waals surface area contributed by atoms with Gasteiger partial charge in [0.15, 0.2) is 0 Å². The second-order valence-electron chi connectivity index (χ2n) is 4.47. The molecule has 1 heterocycles. The zero-order valence-corrected chi connectivity index (χ0v) is 10.8. The van der Waals surface area contributed by atoms with Crippen LogP contribution in [0, 0.1) is 0 Å². The summed E-state index contributed by atoms with van der Waals surface area (Å²) in [6.45, 7) is 1.59. The minimum absolute atomic E-state index is 0.0926. The van der Waals surface area contributed by atoms with Crippen molar-refractivity contribution >= 4 is 28.6 Å². The topological polar surface area (TPSA) is 63.7 Å². The van der Waals surface area contributed by atoms with Gasteiger partial charge in [0.1, 0.15) is 0 Å². The summed E-state index contributed by atoms with van der Waals surface area (Å²) in [7, 11) is 0. The normalized spacial score (nSPS) is 13.8. The van der Waals surface area contributed by atoms with E-state index in [0.29, 0.717) is 5.06 Å². The Morgan fingerprint density at radius 3 is 2.00 bits per heavy atom. The van der Waals surface area contributed by atoms with Crippen LogP contribution in [0.25, 0.3) is 10.8 Å². The zero-order valence-electron chi connectivity index (χ0n) is 10.8. The monoisotopic (exact) mass is 269 g/mol. The first-order valence-corrected chi connectivity index (χ1v) is 6.24. The van der Waals surface area contributed by atoms with Crippen LogP contribution < -0.4 is 0 Å². The number of rotatable bonds is 2. The van der Waals surface area contributed by atoms with Crippen LogP contribution >= 0.6 is 0 Å². The quantitative estimate of drug-likeness (QED) is 0.785. The van der Waals surface area contributed by atoms with E-state index in [2.05, 4.69) is 0 Å². The highest BCUT2D eigenvalue weighted by Crippen LogP contribution is 2.28. The smallest absolute Gasteiger partial charge is 0.330 e. The Labute approximate surface area is 114 Å². The maximum Gasteiger partial charge on any atom is 0.332 e. The molecule has 20 heavy (non-hydrogen) atoms. The summed E-state index contributed by atoms with van der Waals surface area (Å²) in [4.78, 5) is 40.3. The molecule has 0 radical (unpaired) electrons. The molecular weight excluding hydrogens is 258 g/mol. The van der Waals surface area contributed by atoms with E-state index in [9.17, 15) is 14.4 Å². The standard InChI is InChI=1S/C15H11NO4/c1-2-13(17)20-16-14(18)11-7-9-5-3-4-6-10(9)8-12(11)15(16)19/h3-8H,2H2,1H3. The number of nitrogens with zero attached hydrogens (tertiary/aromatic N) is 1. The SMILES string of the molecule is CCC(=O)ON1C(=O)c2cc3ccccc3cc2C1=O. The number of imide groups is 1. The number of hydroxylamine groups is 2. The predicted molar refractivity (Wildman–Crippen MR) is 70.8 cm³/mol. The Hall–Kier alpha value is -2.69.